The van der Waals surface area contributed by atoms with E-state index in [-0.39, 0.29) is 5.91 Å². The van der Waals surface area contributed by atoms with Crippen LogP contribution in [-0.4, -0.2) is 56.4 Å². The number of anilines is 2. The molecule has 3 aromatic rings. The van der Waals surface area contributed by atoms with Gasteiger partial charge in [0.25, 0.3) is 5.91 Å². The third-order valence-electron chi connectivity index (χ3n) is 7.32. The molecule has 0 radical (unpaired) electrons. The van der Waals surface area contributed by atoms with Crippen LogP contribution >= 0.6 is 0 Å². The molecule has 0 aromatic heterocycles. The lowest BCUT2D eigenvalue weighted by atomic mass is 9.71. The first-order valence-electron chi connectivity index (χ1n) is 13.2. The average molecular weight is 502 g/mol. The number of carbonyl (C=O) groups is 1. The molecule has 1 amide bonds. The highest BCUT2D eigenvalue weighted by Gasteiger charge is 2.52. The summed E-state index contributed by atoms with van der Waals surface area (Å²) in [5.74, 6) is 0.865. The maximum Gasteiger partial charge on any atom is 0.256 e. The van der Waals surface area contributed by atoms with Crippen LogP contribution in [0.1, 0.15) is 43.7 Å². The fourth-order valence-corrected chi connectivity index (χ4v) is 5.56. The Balaban J connectivity index is 1.57. The van der Waals surface area contributed by atoms with Crippen LogP contribution in [0.3, 0.4) is 0 Å². The van der Waals surface area contributed by atoms with E-state index >= 15 is 0 Å². The summed E-state index contributed by atoms with van der Waals surface area (Å²) in [6.07, 6.45) is 2.11. The Bertz CT molecular complexity index is 1180. The first-order chi connectivity index (χ1) is 17.9. The smallest absolute Gasteiger partial charge is 0.256 e. The first-order valence-corrected chi connectivity index (χ1v) is 13.2. The molecule has 196 valence electrons. The number of hydrazine groups is 1. The van der Waals surface area contributed by atoms with Gasteiger partial charge in [-0.05, 0) is 55.0 Å². The van der Waals surface area contributed by atoms with E-state index in [1.165, 1.54) is 0 Å². The molecule has 6 heteroatoms. The molecular formula is C31H39N3O3. The predicted octanol–water partition coefficient (Wildman–Crippen LogP) is 5.25. The van der Waals surface area contributed by atoms with Crippen molar-refractivity contribution in [2.45, 2.75) is 44.1 Å². The summed E-state index contributed by atoms with van der Waals surface area (Å²) < 4.78 is 5.58. The molecule has 0 aliphatic carbocycles. The van der Waals surface area contributed by atoms with E-state index in [0.29, 0.717) is 25.8 Å². The number of hydrogen-bond acceptors (Lipinski definition) is 5. The van der Waals surface area contributed by atoms with Crippen molar-refractivity contribution in [3.63, 3.8) is 0 Å². The number of amides is 1. The molecule has 6 nitrogen and oxygen atoms in total. The Labute approximate surface area is 221 Å². The number of benzene rings is 3. The number of nitrogens with zero attached hydrogens (tertiary/aromatic N) is 3. The highest BCUT2D eigenvalue weighted by Crippen LogP contribution is 2.49. The number of fused-ring (bicyclic) bond motifs is 1. The molecule has 3 aromatic carbocycles. The van der Waals surface area contributed by atoms with Crippen molar-refractivity contribution in [3.05, 3.63) is 90.0 Å². The highest BCUT2D eigenvalue weighted by molar-refractivity contribution is 6.09. The molecule has 2 atom stereocenters. The van der Waals surface area contributed by atoms with Gasteiger partial charge in [-0.25, -0.2) is 10.0 Å². The van der Waals surface area contributed by atoms with Gasteiger partial charge in [-0.2, -0.15) is 0 Å². The van der Waals surface area contributed by atoms with Crippen molar-refractivity contribution in [1.29, 1.82) is 0 Å². The number of para-hydroxylation sites is 3. The van der Waals surface area contributed by atoms with Crippen molar-refractivity contribution in [2.75, 3.05) is 44.2 Å². The second-order valence-electron chi connectivity index (χ2n) is 9.89. The van der Waals surface area contributed by atoms with Gasteiger partial charge < -0.3 is 14.7 Å². The number of rotatable bonds is 12. The number of hydrogen-bond donors (Lipinski definition) is 1. The molecule has 0 bridgehead atoms. The van der Waals surface area contributed by atoms with Gasteiger partial charge in [0.15, 0.2) is 0 Å². The Kier molecular flexibility index (Phi) is 8.52. The molecule has 0 saturated carbocycles. The summed E-state index contributed by atoms with van der Waals surface area (Å²) in [5.41, 5.74) is 3.07. The van der Waals surface area contributed by atoms with E-state index < -0.39 is 11.5 Å². The Morgan fingerprint density at radius 2 is 1.59 bits per heavy atom. The number of carbonyl (C=O) groups excluding carboxylic acids is 1. The van der Waals surface area contributed by atoms with Crippen LogP contribution in [-0.2, 0) is 10.2 Å². The summed E-state index contributed by atoms with van der Waals surface area (Å²) in [6.45, 7) is 3.74. The molecule has 0 saturated heterocycles. The normalized spacial score (nSPS) is 17.7. The molecule has 1 heterocycles. The third-order valence-corrected chi connectivity index (χ3v) is 7.32. The Hall–Kier alpha value is -3.35. The third kappa shape index (κ3) is 5.22. The van der Waals surface area contributed by atoms with Gasteiger partial charge in [-0.1, -0.05) is 67.6 Å². The van der Waals surface area contributed by atoms with Gasteiger partial charge >= 0.3 is 0 Å². The SMILES string of the molecule is CCCN(CCC(O)CCC1(c2ccccc2)C(=O)N(N(C)C)c2ccccc21)c1ccccc1OC. The van der Waals surface area contributed by atoms with Crippen molar-refractivity contribution < 1.29 is 14.6 Å². The molecule has 1 aliphatic rings. The quantitative estimate of drug-likeness (QED) is 0.367. The minimum absolute atomic E-state index is 0.0266. The van der Waals surface area contributed by atoms with Crippen LogP contribution < -0.4 is 14.6 Å². The Morgan fingerprint density at radius 1 is 0.919 bits per heavy atom. The summed E-state index contributed by atoms with van der Waals surface area (Å²) in [5, 5.41) is 14.8. The van der Waals surface area contributed by atoms with Crippen molar-refractivity contribution in [3.8, 4) is 5.75 Å². The van der Waals surface area contributed by atoms with Crippen molar-refractivity contribution >= 4 is 17.3 Å². The van der Waals surface area contributed by atoms with Crippen LogP contribution in [0.2, 0.25) is 0 Å². The lowest BCUT2D eigenvalue weighted by molar-refractivity contribution is -0.124. The van der Waals surface area contributed by atoms with Gasteiger partial charge in [0, 0.05) is 27.2 Å². The molecular weight excluding hydrogens is 462 g/mol. The minimum atomic E-state index is -0.838. The van der Waals surface area contributed by atoms with E-state index in [9.17, 15) is 9.90 Å². The lowest BCUT2D eigenvalue weighted by Crippen LogP contribution is -2.47. The molecule has 0 spiro atoms. The average Bonchev–Trinajstić information content (AvgIpc) is 3.18. The van der Waals surface area contributed by atoms with Crippen LogP contribution in [0.15, 0.2) is 78.9 Å². The van der Waals surface area contributed by atoms with Gasteiger partial charge in [-0.15, -0.1) is 0 Å². The van der Waals surface area contributed by atoms with E-state index in [2.05, 4.69) is 24.0 Å². The maximum atomic E-state index is 14.1. The van der Waals surface area contributed by atoms with Crippen LogP contribution in [0.4, 0.5) is 11.4 Å². The molecule has 0 fully saturated rings. The summed E-state index contributed by atoms with van der Waals surface area (Å²) >= 11 is 0. The van der Waals surface area contributed by atoms with E-state index in [1.54, 1.807) is 12.1 Å². The molecule has 37 heavy (non-hydrogen) atoms. The van der Waals surface area contributed by atoms with Gasteiger partial charge in [0.1, 0.15) is 11.2 Å². The molecule has 1 N–H and O–H groups in total. The maximum absolute atomic E-state index is 14.1. The Morgan fingerprint density at radius 3 is 2.30 bits per heavy atom. The monoisotopic (exact) mass is 501 g/mol. The van der Waals surface area contributed by atoms with E-state index in [0.717, 1.165) is 41.2 Å². The molecule has 2 unspecified atom stereocenters. The first kappa shape index (κ1) is 26.7. The minimum Gasteiger partial charge on any atom is -0.495 e. The number of aliphatic hydroxyl groups is 1. The lowest BCUT2D eigenvalue weighted by Gasteiger charge is -2.32. The zero-order chi connectivity index (χ0) is 26.4. The van der Waals surface area contributed by atoms with Crippen LogP contribution in [0.5, 0.6) is 5.75 Å². The zero-order valence-corrected chi connectivity index (χ0v) is 22.4. The molecule has 4 rings (SSSR count). The summed E-state index contributed by atoms with van der Waals surface area (Å²) in [6, 6.07) is 26.1. The summed E-state index contributed by atoms with van der Waals surface area (Å²) in [7, 11) is 5.48. The van der Waals surface area contributed by atoms with E-state index in [1.807, 2.05) is 85.8 Å². The van der Waals surface area contributed by atoms with Gasteiger partial charge in [0.2, 0.25) is 0 Å². The second kappa shape index (κ2) is 11.8. The molecule has 1 aliphatic heterocycles. The fourth-order valence-electron chi connectivity index (χ4n) is 5.56. The fraction of sp³-hybridized carbons (Fsp3) is 0.387. The van der Waals surface area contributed by atoms with Gasteiger partial charge in [-0.3, -0.25) is 4.79 Å². The van der Waals surface area contributed by atoms with E-state index in [4.69, 9.17) is 4.74 Å². The van der Waals surface area contributed by atoms with Crippen LogP contribution in [0, 0.1) is 0 Å². The second-order valence-corrected chi connectivity index (χ2v) is 9.89. The largest absolute Gasteiger partial charge is 0.495 e. The van der Waals surface area contributed by atoms with Crippen LogP contribution in [0.25, 0.3) is 0 Å². The standard InChI is InChI=1S/C31H39N3O3/c1-5-22-33(28-17-11-12-18-29(28)37-4)23-20-25(35)19-21-31(24-13-7-6-8-14-24)26-15-9-10-16-27(26)34(30(31)36)32(2)3/h6-18,25,35H,5,19-23H2,1-4H3. The zero-order valence-electron chi connectivity index (χ0n) is 22.4. The topological polar surface area (TPSA) is 56.2 Å². The van der Waals surface area contributed by atoms with Crippen molar-refractivity contribution in [2.24, 2.45) is 0 Å². The van der Waals surface area contributed by atoms with Gasteiger partial charge in [0.05, 0.1) is 24.6 Å². The number of aliphatic hydroxyl groups excluding tert-OH is 1. The summed E-state index contributed by atoms with van der Waals surface area (Å²) in [4.78, 5) is 16.4. The highest BCUT2D eigenvalue weighted by atomic mass is 16.5. The van der Waals surface area contributed by atoms with Crippen molar-refractivity contribution in [1.82, 2.24) is 5.01 Å². The number of methoxy groups -OCH3 is 1. The number of ether oxygens (including phenoxy) is 1. The predicted molar refractivity (Wildman–Crippen MR) is 150 cm³/mol.